The second-order valence-corrected chi connectivity index (χ2v) is 6.24. The third kappa shape index (κ3) is 6.73. The van der Waals surface area contributed by atoms with Gasteiger partial charge in [-0.05, 0) is 25.0 Å². The van der Waals surface area contributed by atoms with E-state index >= 15 is 0 Å². The molecular weight excluding hydrogens is 196 g/mol. The molecule has 0 aromatic rings. The minimum Gasteiger partial charge on any atom is -0.162 e. The number of thioether (sulfide) groups is 1. The molecule has 0 aromatic carbocycles. The molecule has 0 aliphatic carbocycles. The summed E-state index contributed by atoms with van der Waals surface area (Å²) in [4.78, 5) is 0. The van der Waals surface area contributed by atoms with E-state index in [2.05, 4.69) is 32.5 Å². The van der Waals surface area contributed by atoms with Crippen LogP contribution in [0.1, 0.15) is 59.3 Å². The summed E-state index contributed by atoms with van der Waals surface area (Å²) in [5, 5.41) is 0. The van der Waals surface area contributed by atoms with E-state index in [0.29, 0.717) is 0 Å². The van der Waals surface area contributed by atoms with Gasteiger partial charge in [0.15, 0.2) is 0 Å². The molecule has 0 radical (unpaired) electrons. The lowest BCUT2D eigenvalue weighted by Crippen LogP contribution is -2.15. The normalized spacial score (nSPS) is 15.7. The Labute approximate surface area is 93.7 Å². The number of hydrogen-bond donors (Lipinski definition) is 1. The molecule has 0 spiro atoms. The fourth-order valence-corrected chi connectivity index (χ4v) is 3.13. The molecule has 0 bridgehead atoms. The molecule has 0 saturated carbocycles. The van der Waals surface area contributed by atoms with Crippen molar-refractivity contribution in [2.45, 2.75) is 63.4 Å². The Hall–Kier alpha value is 0.700. The predicted octanol–water partition coefficient (Wildman–Crippen LogP) is 4.75. The molecule has 0 N–H and O–H groups in total. The van der Waals surface area contributed by atoms with E-state index in [1.165, 1.54) is 44.3 Å². The molecule has 1 atom stereocenters. The molecule has 0 aliphatic heterocycles. The van der Waals surface area contributed by atoms with Crippen LogP contribution >= 0.6 is 24.4 Å². The van der Waals surface area contributed by atoms with Crippen molar-refractivity contribution in [3.63, 3.8) is 0 Å². The van der Waals surface area contributed by atoms with E-state index in [1.807, 2.05) is 0 Å². The maximum absolute atomic E-state index is 4.76. The van der Waals surface area contributed by atoms with Crippen LogP contribution < -0.4 is 0 Å². The SMILES string of the molecule is CCCCCSC(S)(CC)CCC. The first-order chi connectivity index (χ1) is 6.18. The Kier molecular flexibility index (Phi) is 8.48. The largest absolute Gasteiger partial charge is 0.162 e. The first kappa shape index (κ1) is 13.7. The Balaban J connectivity index is 3.57. The average Bonchev–Trinajstić information content (AvgIpc) is 2.13. The van der Waals surface area contributed by atoms with Gasteiger partial charge >= 0.3 is 0 Å². The van der Waals surface area contributed by atoms with Crippen molar-refractivity contribution < 1.29 is 0 Å². The van der Waals surface area contributed by atoms with Crippen molar-refractivity contribution in [3.8, 4) is 0 Å². The molecule has 0 fully saturated rings. The summed E-state index contributed by atoms with van der Waals surface area (Å²) < 4.78 is 0.252. The van der Waals surface area contributed by atoms with Gasteiger partial charge in [0, 0.05) is 0 Å². The van der Waals surface area contributed by atoms with E-state index in [0.717, 1.165) is 0 Å². The average molecular weight is 220 g/mol. The fourth-order valence-electron chi connectivity index (χ4n) is 1.36. The van der Waals surface area contributed by atoms with Gasteiger partial charge in [-0.2, -0.15) is 12.6 Å². The molecule has 1 unspecified atom stereocenters. The molecule has 0 aliphatic rings. The van der Waals surface area contributed by atoms with Gasteiger partial charge in [0.05, 0.1) is 4.08 Å². The van der Waals surface area contributed by atoms with Crippen LogP contribution in [0.25, 0.3) is 0 Å². The molecule has 0 aromatic heterocycles. The predicted molar refractivity (Wildman–Crippen MR) is 68.9 cm³/mol. The van der Waals surface area contributed by atoms with Crippen LogP contribution in [0.5, 0.6) is 0 Å². The highest BCUT2D eigenvalue weighted by Crippen LogP contribution is 2.37. The van der Waals surface area contributed by atoms with Crippen molar-refractivity contribution in [1.29, 1.82) is 0 Å². The van der Waals surface area contributed by atoms with Crippen LogP contribution in [-0.2, 0) is 0 Å². The quantitative estimate of drug-likeness (QED) is 0.350. The minimum absolute atomic E-state index is 0.252. The summed E-state index contributed by atoms with van der Waals surface area (Å²) in [6.45, 7) is 6.74. The minimum atomic E-state index is 0.252. The molecule has 80 valence electrons. The highest BCUT2D eigenvalue weighted by atomic mass is 32.2. The van der Waals surface area contributed by atoms with Crippen LogP contribution in [0.2, 0.25) is 0 Å². The van der Waals surface area contributed by atoms with Gasteiger partial charge in [0.2, 0.25) is 0 Å². The summed E-state index contributed by atoms with van der Waals surface area (Å²) in [7, 11) is 0. The summed E-state index contributed by atoms with van der Waals surface area (Å²) in [5.41, 5.74) is 0. The maximum Gasteiger partial charge on any atom is 0.0578 e. The van der Waals surface area contributed by atoms with E-state index in [-0.39, 0.29) is 4.08 Å². The molecule has 2 heteroatoms. The monoisotopic (exact) mass is 220 g/mol. The van der Waals surface area contributed by atoms with Crippen molar-refractivity contribution in [3.05, 3.63) is 0 Å². The molecular formula is C11H24S2. The van der Waals surface area contributed by atoms with Crippen molar-refractivity contribution >= 4 is 24.4 Å². The lowest BCUT2D eigenvalue weighted by molar-refractivity contribution is 0.677. The Morgan fingerprint density at radius 1 is 1.08 bits per heavy atom. The van der Waals surface area contributed by atoms with E-state index in [1.54, 1.807) is 0 Å². The molecule has 0 amide bonds. The lowest BCUT2D eigenvalue weighted by atomic mass is 10.2. The zero-order valence-electron chi connectivity index (χ0n) is 9.31. The van der Waals surface area contributed by atoms with E-state index in [9.17, 15) is 0 Å². The van der Waals surface area contributed by atoms with E-state index in [4.69, 9.17) is 12.6 Å². The van der Waals surface area contributed by atoms with Crippen LogP contribution in [0.15, 0.2) is 0 Å². The molecule has 13 heavy (non-hydrogen) atoms. The zero-order chi connectivity index (χ0) is 10.2. The van der Waals surface area contributed by atoms with E-state index < -0.39 is 0 Å². The van der Waals surface area contributed by atoms with Crippen LogP contribution in [0.4, 0.5) is 0 Å². The molecule has 0 rings (SSSR count). The van der Waals surface area contributed by atoms with Crippen molar-refractivity contribution in [2.24, 2.45) is 0 Å². The van der Waals surface area contributed by atoms with Gasteiger partial charge in [-0.3, -0.25) is 0 Å². The fraction of sp³-hybridized carbons (Fsp3) is 1.00. The third-order valence-corrected chi connectivity index (χ3v) is 4.76. The Bertz CT molecular complexity index is 115. The van der Waals surface area contributed by atoms with Gasteiger partial charge in [-0.15, -0.1) is 11.8 Å². The number of hydrogen-bond acceptors (Lipinski definition) is 2. The van der Waals surface area contributed by atoms with Gasteiger partial charge < -0.3 is 0 Å². The van der Waals surface area contributed by atoms with Crippen molar-refractivity contribution in [1.82, 2.24) is 0 Å². The smallest absolute Gasteiger partial charge is 0.0578 e. The second kappa shape index (κ2) is 8.05. The van der Waals surface area contributed by atoms with Gasteiger partial charge in [0.1, 0.15) is 0 Å². The molecule has 0 saturated heterocycles. The third-order valence-electron chi connectivity index (χ3n) is 2.31. The second-order valence-electron chi connectivity index (χ2n) is 3.61. The highest BCUT2D eigenvalue weighted by Gasteiger charge is 2.21. The van der Waals surface area contributed by atoms with Crippen LogP contribution in [0.3, 0.4) is 0 Å². The summed E-state index contributed by atoms with van der Waals surface area (Å²) in [5.74, 6) is 1.28. The van der Waals surface area contributed by atoms with Gasteiger partial charge in [0.25, 0.3) is 0 Å². The molecule has 0 nitrogen and oxygen atoms in total. The van der Waals surface area contributed by atoms with Crippen LogP contribution in [-0.4, -0.2) is 9.83 Å². The first-order valence-electron chi connectivity index (χ1n) is 5.54. The zero-order valence-corrected chi connectivity index (χ0v) is 11.0. The molecule has 0 heterocycles. The topological polar surface area (TPSA) is 0 Å². The Morgan fingerprint density at radius 3 is 2.23 bits per heavy atom. The summed E-state index contributed by atoms with van der Waals surface area (Å²) in [6.07, 6.45) is 7.71. The number of rotatable bonds is 8. The number of unbranched alkanes of at least 4 members (excludes halogenated alkanes) is 2. The standard InChI is InChI=1S/C11H24S2/c1-4-7-8-10-13-11(12,6-3)9-5-2/h12H,4-10H2,1-3H3. The van der Waals surface area contributed by atoms with Crippen LogP contribution in [0, 0.1) is 0 Å². The summed E-state index contributed by atoms with van der Waals surface area (Å²) in [6, 6.07) is 0. The van der Waals surface area contributed by atoms with Gasteiger partial charge in [-0.25, -0.2) is 0 Å². The first-order valence-corrected chi connectivity index (χ1v) is 6.98. The Morgan fingerprint density at radius 2 is 1.77 bits per heavy atom. The number of thiol groups is 1. The van der Waals surface area contributed by atoms with Gasteiger partial charge in [-0.1, -0.05) is 40.0 Å². The van der Waals surface area contributed by atoms with Crippen molar-refractivity contribution in [2.75, 3.05) is 5.75 Å². The maximum atomic E-state index is 4.76. The lowest BCUT2D eigenvalue weighted by Gasteiger charge is -2.26. The summed E-state index contributed by atoms with van der Waals surface area (Å²) >= 11 is 6.82. The highest BCUT2D eigenvalue weighted by molar-refractivity contribution is 8.11.